The average Bonchev–Trinajstić information content (AvgIpc) is 2.46. The van der Waals surface area contributed by atoms with Crippen molar-refractivity contribution in [2.24, 2.45) is 5.41 Å². The Labute approximate surface area is 116 Å². The van der Waals surface area contributed by atoms with Crippen LogP contribution in [0.3, 0.4) is 0 Å². The smallest absolute Gasteiger partial charge is 0.104 e. The SMILES string of the molecule is CCCCCCCCCC/C=C/C(CF)(CF)CF. The third kappa shape index (κ3) is 9.12. The van der Waals surface area contributed by atoms with Gasteiger partial charge in [0.2, 0.25) is 0 Å². The van der Waals surface area contributed by atoms with Crippen LogP contribution in [-0.2, 0) is 0 Å². The summed E-state index contributed by atoms with van der Waals surface area (Å²) in [6.45, 7) is -0.686. The molecule has 0 aromatic heterocycles. The predicted octanol–water partition coefficient (Wildman–Crippen LogP) is 5.97. The van der Waals surface area contributed by atoms with E-state index in [1.807, 2.05) is 0 Å². The lowest BCUT2D eigenvalue weighted by Gasteiger charge is -2.19. The first-order chi connectivity index (χ1) is 9.24. The van der Waals surface area contributed by atoms with Gasteiger partial charge in [-0.2, -0.15) is 0 Å². The molecule has 0 aliphatic carbocycles. The quantitative estimate of drug-likeness (QED) is 0.288. The van der Waals surface area contributed by atoms with E-state index in [0.29, 0.717) is 0 Å². The molecule has 114 valence electrons. The minimum Gasteiger partial charge on any atom is -0.250 e. The lowest BCUT2D eigenvalue weighted by molar-refractivity contribution is 0.163. The van der Waals surface area contributed by atoms with Crippen LogP contribution in [0.15, 0.2) is 12.2 Å². The van der Waals surface area contributed by atoms with Gasteiger partial charge in [0, 0.05) is 0 Å². The van der Waals surface area contributed by atoms with Crippen molar-refractivity contribution in [2.45, 2.75) is 64.7 Å². The van der Waals surface area contributed by atoms with Crippen molar-refractivity contribution in [3.63, 3.8) is 0 Å². The molecule has 0 saturated carbocycles. The van der Waals surface area contributed by atoms with E-state index in [4.69, 9.17) is 0 Å². The molecule has 3 heteroatoms. The first-order valence-electron chi connectivity index (χ1n) is 7.60. The van der Waals surface area contributed by atoms with Gasteiger partial charge in [0.1, 0.15) is 20.0 Å². The van der Waals surface area contributed by atoms with Gasteiger partial charge in [0.05, 0.1) is 5.41 Å². The maximum atomic E-state index is 12.6. The Morgan fingerprint density at radius 1 is 0.737 bits per heavy atom. The summed E-state index contributed by atoms with van der Waals surface area (Å²) in [4.78, 5) is 0. The second kappa shape index (κ2) is 12.6. The minimum atomic E-state index is -1.51. The molecule has 0 aliphatic rings. The molecule has 0 fully saturated rings. The number of unbranched alkanes of at least 4 members (excludes halogenated alkanes) is 8. The summed E-state index contributed by atoms with van der Waals surface area (Å²) >= 11 is 0. The van der Waals surface area contributed by atoms with Gasteiger partial charge in [0.15, 0.2) is 0 Å². The van der Waals surface area contributed by atoms with E-state index in [2.05, 4.69) is 6.92 Å². The Morgan fingerprint density at radius 3 is 1.68 bits per heavy atom. The van der Waals surface area contributed by atoms with Crippen LogP contribution in [0, 0.1) is 5.41 Å². The van der Waals surface area contributed by atoms with Crippen LogP contribution in [0.25, 0.3) is 0 Å². The van der Waals surface area contributed by atoms with Crippen molar-refractivity contribution < 1.29 is 13.2 Å². The molecule has 0 saturated heterocycles. The van der Waals surface area contributed by atoms with E-state index >= 15 is 0 Å². The highest BCUT2D eigenvalue weighted by Gasteiger charge is 2.27. The van der Waals surface area contributed by atoms with Crippen molar-refractivity contribution in [1.29, 1.82) is 0 Å². The van der Waals surface area contributed by atoms with Gasteiger partial charge in [-0.15, -0.1) is 0 Å². The van der Waals surface area contributed by atoms with Gasteiger partial charge in [-0.1, -0.05) is 64.0 Å². The summed E-state index contributed by atoms with van der Waals surface area (Å²) in [5.41, 5.74) is -1.51. The van der Waals surface area contributed by atoms with E-state index < -0.39 is 25.4 Å². The van der Waals surface area contributed by atoms with Crippen LogP contribution in [0.4, 0.5) is 13.2 Å². The molecule has 0 unspecified atom stereocenters. The Hall–Kier alpha value is -0.470. The average molecular weight is 278 g/mol. The standard InChI is InChI=1S/C16H29F3/c1-2-3-4-5-6-7-8-9-10-11-12-16(13-17,14-18)15-19/h11-12H,2-10,13-15H2,1H3/b12-11+. The number of halogens is 3. The van der Waals surface area contributed by atoms with Gasteiger partial charge in [0.25, 0.3) is 0 Å². The Bertz CT molecular complexity index is 202. The number of hydrogen-bond donors (Lipinski definition) is 0. The van der Waals surface area contributed by atoms with E-state index in [1.54, 1.807) is 6.08 Å². The molecule has 0 bridgehead atoms. The molecule has 0 amide bonds. The lowest BCUT2D eigenvalue weighted by atomic mass is 9.92. The maximum absolute atomic E-state index is 12.6. The Balaban J connectivity index is 3.52. The number of hydrogen-bond acceptors (Lipinski definition) is 0. The summed E-state index contributed by atoms with van der Waals surface area (Å²) in [5, 5.41) is 0. The highest BCUT2D eigenvalue weighted by Crippen LogP contribution is 2.22. The first kappa shape index (κ1) is 18.5. The topological polar surface area (TPSA) is 0 Å². The third-order valence-corrected chi connectivity index (χ3v) is 3.49. The van der Waals surface area contributed by atoms with Crippen LogP contribution in [0.1, 0.15) is 64.7 Å². The summed E-state index contributed by atoms with van der Waals surface area (Å²) in [6, 6.07) is 0. The lowest BCUT2D eigenvalue weighted by Crippen LogP contribution is -2.25. The van der Waals surface area contributed by atoms with Gasteiger partial charge in [-0.25, -0.2) is 13.2 Å². The molecule has 0 atom stereocenters. The minimum absolute atomic E-state index is 0.788. The molecule has 0 aliphatic heterocycles. The van der Waals surface area contributed by atoms with Crippen LogP contribution < -0.4 is 0 Å². The van der Waals surface area contributed by atoms with Crippen molar-refractivity contribution in [3.05, 3.63) is 12.2 Å². The van der Waals surface area contributed by atoms with E-state index in [-0.39, 0.29) is 0 Å². The fourth-order valence-corrected chi connectivity index (χ4v) is 1.97. The van der Waals surface area contributed by atoms with Gasteiger partial charge < -0.3 is 0 Å². The summed E-state index contributed by atoms with van der Waals surface area (Å²) in [7, 11) is 0. The van der Waals surface area contributed by atoms with Crippen LogP contribution >= 0.6 is 0 Å². The molecular formula is C16H29F3. The molecule has 19 heavy (non-hydrogen) atoms. The monoisotopic (exact) mass is 278 g/mol. The van der Waals surface area contributed by atoms with Gasteiger partial charge in [-0.3, -0.25) is 0 Å². The molecular weight excluding hydrogens is 249 g/mol. The molecule has 0 rings (SSSR count). The predicted molar refractivity (Wildman–Crippen MR) is 76.7 cm³/mol. The highest BCUT2D eigenvalue weighted by atomic mass is 19.1. The Morgan fingerprint density at radius 2 is 1.21 bits per heavy atom. The maximum Gasteiger partial charge on any atom is 0.104 e. The molecule has 0 radical (unpaired) electrons. The van der Waals surface area contributed by atoms with E-state index in [0.717, 1.165) is 19.3 Å². The van der Waals surface area contributed by atoms with Gasteiger partial charge in [-0.05, 0) is 12.8 Å². The second-order valence-corrected chi connectivity index (χ2v) is 5.43. The van der Waals surface area contributed by atoms with Crippen molar-refractivity contribution in [1.82, 2.24) is 0 Å². The fourth-order valence-electron chi connectivity index (χ4n) is 1.97. The van der Waals surface area contributed by atoms with E-state index in [9.17, 15) is 13.2 Å². The molecule has 0 N–H and O–H groups in total. The molecule has 0 nitrogen and oxygen atoms in total. The summed E-state index contributed by atoms with van der Waals surface area (Å²) in [5.74, 6) is 0. The summed E-state index contributed by atoms with van der Waals surface area (Å²) in [6.07, 6.45) is 13.8. The van der Waals surface area contributed by atoms with Gasteiger partial charge >= 0.3 is 0 Å². The normalized spacial score (nSPS) is 12.4. The summed E-state index contributed by atoms with van der Waals surface area (Å²) < 4.78 is 37.7. The van der Waals surface area contributed by atoms with Crippen molar-refractivity contribution >= 4 is 0 Å². The fraction of sp³-hybridized carbons (Fsp3) is 0.875. The largest absolute Gasteiger partial charge is 0.250 e. The zero-order valence-corrected chi connectivity index (χ0v) is 12.3. The number of allylic oxidation sites excluding steroid dienone is 2. The first-order valence-corrected chi connectivity index (χ1v) is 7.60. The number of alkyl halides is 3. The van der Waals surface area contributed by atoms with Crippen molar-refractivity contribution in [3.8, 4) is 0 Å². The van der Waals surface area contributed by atoms with Crippen LogP contribution in [-0.4, -0.2) is 20.0 Å². The molecule has 0 heterocycles. The van der Waals surface area contributed by atoms with Crippen molar-refractivity contribution in [2.75, 3.05) is 20.0 Å². The van der Waals surface area contributed by atoms with E-state index in [1.165, 1.54) is 44.6 Å². The molecule has 0 spiro atoms. The highest BCUT2D eigenvalue weighted by molar-refractivity contribution is 4.99. The van der Waals surface area contributed by atoms with Crippen LogP contribution in [0.2, 0.25) is 0 Å². The zero-order chi connectivity index (χ0) is 14.4. The molecule has 0 aromatic carbocycles. The zero-order valence-electron chi connectivity index (χ0n) is 12.3. The molecule has 0 aromatic rings. The Kier molecular flexibility index (Phi) is 12.2. The number of rotatable bonds is 13. The third-order valence-electron chi connectivity index (χ3n) is 3.49. The second-order valence-electron chi connectivity index (χ2n) is 5.43. The van der Waals surface area contributed by atoms with Crippen LogP contribution in [0.5, 0.6) is 0 Å².